The van der Waals surface area contributed by atoms with Crippen LogP contribution in [0.5, 0.6) is 5.75 Å². The van der Waals surface area contributed by atoms with E-state index in [0.29, 0.717) is 6.61 Å². The van der Waals surface area contributed by atoms with Crippen molar-refractivity contribution in [3.63, 3.8) is 0 Å². The zero-order valence-corrected chi connectivity index (χ0v) is 13.6. The van der Waals surface area contributed by atoms with Crippen molar-refractivity contribution in [2.45, 2.75) is 31.8 Å². The number of carbonyl (C=O) groups excluding carboxylic acids is 1. The monoisotopic (exact) mass is 313 g/mol. The van der Waals surface area contributed by atoms with Gasteiger partial charge in [0.05, 0.1) is 6.04 Å². The third-order valence-electron chi connectivity index (χ3n) is 4.27. The molecular weight excluding hydrogens is 290 g/mol. The molecule has 1 aromatic heterocycles. The summed E-state index contributed by atoms with van der Waals surface area (Å²) >= 11 is 0. The van der Waals surface area contributed by atoms with Gasteiger partial charge in [0, 0.05) is 30.5 Å². The maximum Gasteiger partial charge on any atom is 0.315 e. The fraction of sp³-hybridized carbons (Fsp3) is 0.389. The molecule has 23 heavy (non-hydrogen) atoms. The minimum atomic E-state index is -0.144. The van der Waals surface area contributed by atoms with Crippen LogP contribution in [0.4, 0.5) is 4.79 Å². The van der Waals surface area contributed by atoms with Crippen LogP contribution in [0.25, 0.3) is 0 Å². The molecular formula is C18H23N3O2. The lowest BCUT2D eigenvalue weighted by Crippen LogP contribution is -2.42. The van der Waals surface area contributed by atoms with E-state index in [1.807, 2.05) is 50.5 Å². The Labute approximate surface area is 136 Å². The van der Waals surface area contributed by atoms with Gasteiger partial charge in [0.15, 0.2) is 0 Å². The van der Waals surface area contributed by atoms with Gasteiger partial charge in [-0.2, -0.15) is 0 Å². The Morgan fingerprint density at radius 3 is 2.96 bits per heavy atom. The summed E-state index contributed by atoms with van der Waals surface area (Å²) in [4.78, 5) is 12.2. The molecule has 0 saturated carbocycles. The van der Waals surface area contributed by atoms with Gasteiger partial charge in [-0.25, -0.2) is 4.79 Å². The van der Waals surface area contributed by atoms with Crippen LogP contribution in [-0.4, -0.2) is 23.2 Å². The number of urea groups is 1. The number of para-hydroxylation sites is 1. The van der Waals surface area contributed by atoms with Gasteiger partial charge in [0.1, 0.15) is 12.4 Å². The lowest BCUT2D eigenvalue weighted by Gasteiger charge is -2.17. The highest BCUT2D eigenvalue weighted by atomic mass is 16.5. The second kappa shape index (κ2) is 6.77. The number of hydrogen-bond acceptors (Lipinski definition) is 2. The zero-order valence-electron chi connectivity index (χ0n) is 13.6. The van der Waals surface area contributed by atoms with E-state index in [2.05, 4.69) is 21.3 Å². The molecule has 3 rings (SSSR count). The molecule has 2 N–H and O–H groups in total. The average molecular weight is 313 g/mol. The van der Waals surface area contributed by atoms with Crippen LogP contribution in [0, 0.1) is 0 Å². The molecule has 2 amide bonds. The van der Waals surface area contributed by atoms with Crippen molar-refractivity contribution < 1.29 is 9.53 Å². The minimum Gasteiger partial charge on any atom is -0.491 e. The number of nitrogens with one attached hydrogen (secondary N) is 2. The highest BCUT2D eigenvalue weighted by molar-refractivity contribution is 5.75. The van der Waals surface area contributed by atoms with Crippen LogP contribution in [0.2, 0.25) is 0 Å². The van der Waals surface area contributed by atoms with Gasteiger partial charge in [-0.1, -0.05) is 18.2 Å². The Balaban J connectivity index is 1.47. The average Bonchev–Trinajstić information content (AvgIpc) is 3.12. The number of fused-ring (bicyclic) bond motifs is 1. The van der Waals surface area contributed by atoms with Gasteiger partial charge >= 0.3 is 6.03 Å². The van der Waals surface area contributed by atoms with E-state index < -0.39 is 0 Å². The summed E-state index contributed by atoms with van der Waals surface area (Å²) in [5, 5.41) is 5.99. The van der Waals surface area contributed by atoms with E-state index in [1.165, 1.54) is 5.69 Å². The Morgan fingerprint density at radius 1 is 1.35 bits per heavy atom. The highest BCUT2D eigenvalue weighted by Crippen LogP contribution is 2.31. The van der Waals surface area contributed by atoms with E-state index >= 15 is 0 Å². The number of benzene rings is 1. The first-order valence-electron chi connectivity index (χ1n) is 8.02. The number of carbonyl (C=O) groups is 1. The molecule has 2 heterocycles. The quantitative estimate of drug-likeness (QED) is 0.892. The maximum absolute atomic E-state index is 12.2. The number of nitrogens with zero attached hydrogens (tertiary/aromatic N) is 1. The molecule has 122 valence electrons. The Kier molecular flexibility index (Phi) is 4.55. The molecule has 0 unspecified atom stereocenters. The van der Waals surface area contributed by atoms with Gasteiger partial charge in [-0.15, -0.1) is 0 Å². The minimum absolute atomic E-state index is 0.0775. The van der Waals surface area contributed by atoms with Crippen molar-refractivity contribution in [1.82, 2.24) is 15.2 Å². The number of aryl methyl sites for hydroxylation is 2. The normalized spacial score (nSPS) is 17.2. The standard InChI is InChI=1S/C18H23N3O2/c1-13(9-10-14-6-5-11-21(14)2)19-18(22)20-16-12-23-17-8-4-3-7-15(16)17/h3-8,11,13,16H,9-10,12H2,1-2H3,(H2,19,20,22)/t13-,16-/m1/s1. The summed E-state index contributed by atoms with van der Waals surface area (Å²) in [7, 11) is 2.04. The van der Waals surface area contributed by atoms with E-state index in [0.717, 1.165) is 24.2 Å². The molecule has 0 saturated heterocycles. The van der Waals surface area contributed by atoms with Crippen LogP contribution in [0.15, 0.2) is 42.6 Å². The number of hydrogen-bond donors (Lipinski definition) is 2. The van der Waals surface area contributed by atoms with Crippen molar-refractivity contribution in [2.24, 2.45) is 7.05 Å². The van der Waals surface area contributed by atoms with Crippen molar-refractivity contribution in [2.75, 3.05) is 6.61 Å². The maximum atomic E-state index is 12.2. The van der Waals surface area contributed by atoms with Crippen LogP contribution in [-0.2, 0) is 13.5 Å². The fourth-order valence-electron chi connectivity index (χ4n) is 2.90. The first-order chi connectivity index (χ1) is 11.1. The van der Waals surface area contributed by atoms with Crippen LogP contribution in [0.1, 0.15) is 30.6 Å². The summed E-state index contributed by atoms with van der Waals surface area (Å²) in [6.45, 7) is 2.52. The summed E-state index contributed by atoms with van der Waals surface area (Å²) in [5.41, 5.74) is 2.32. The number of rotatable bonds is 5. The largest absolute Gasteiger partial charge is 0.491 e. The van der Waals surface area contributed by atoms with E-state index in [4.69, 9.17) is 4.74 Å². The molecule has 0 bridgehead atoms. The lowest BCUT2D eigenvalue weighted by molar-refractivity contribution is 0.228. The molecule has 0 aliphatic carbocycles. The number of aromatic nitrogens is 1. The molecule has 2 atom stereocenters. The number of amides is 2. The van der Waals surface area contributed by atoms with Crippen LogP contribution in [0.3, 0.4) is 0 Å². The molecule has 1 aliphatic heterocycles. The van der Waals surface area contributed by atoms with Crippen molar-refractivity contribution in [3.8, 4) is 5.75 Å². The van der Waals surface area contributed by atoms with Gasteiger partial charge in [0.25, 0.3) is 0 Å². The predicted octanol–water partition coefficient (Wildman–Crippen LogP) is 2.78. The Bertz CT molecular complexity index is 680. The molecule has 0 spiro atoms. The molecule has 0 radical (unpaired) electrons. The van der Waals surface area contributed by atoms with Gasteiger partial charge in [-0.3, -0.25) is 0 Å². The van der Waals surface area contributed by atoms with E-state index in [-0.39, 0.29) is 18.1 Å². The topological polar surface area (TPSA) is 55.3 Å². The molecule has 1 aromatic carbocycles. The van der Waals surface area contributed by atoms with Crippen molar-refractivity contribution in [3.05, 3.63) is 53.9 Å². The summed E-state index contributed by atoms with van der Waals surface area (Å²) < 4.78 is 7.69. The molecule has 5 nitrogen and oxygen atoms in total. The second-order valence-electron chi connectivity index (χ2n) is 6.07. The third-order valence-corrected chi connectivity index (χ3v) is 4.27. The highest BCUT2D eigenvalue weighted by Gasteiger charge is 2.25. The SMILES string of the molecule is C[C@H](CCc1cccn1C)NC(=O)N[C@@H]1COc2ccccc21. The van der Waals surface area contributed by atoms with Crippen molar-refractivity contribution in [1.29, 1.82) is 0 Å². The van der Waals surface area contributed by atoms with Crippen LogP contribution >= 0.6 is 0 Å². The summed E-state index contributed by atoms with van der Waals surface area (Å²) in [5.74, 6) is 0.856. The fourth-order valence-corrected chi connectivity index (χ4v) is 2.90. The first-order valence-corrected chi connectivity index (χ1v) is 8.02. The predicted molar refractivity (Wildman–Crippen MR) is 89.5 cm³/mol. The van der Waals surface area contributed by atoms with Crippen molar-refractivity contribution >= 4 is 6.03 Å². The van der Waals surface area contributed by atoms with Gasteiger partial charge in [-0.05, 0) is 38.0 Å². The first kappa shape index (κ1) is 15.5. The second-order valence-corrected chi connectivity index (χ2v) is 6.07. The number of ether oxygens (including phenoxy) is 1. The van der Waals surface area contributed by atoms with E-state index in [9.17, 15) is 4.79 Å². The molecule has 0 fully saturated rings. The summed E-state index contributed by atoms with van der Waals surface area (Å²) in [6.07, 6.45) is 3.89. The smallest absolute Gasteiger partial charge is 0.315 e. The molecule has 1 aliphatic rings. The van der Waals surface area contributed by atoms with Crippen LogP contribution < -0.4 is 15.4 Å². The van der Waals surface area contributed by atoms with E-state index in [1.54, 1.807) is 0 Å². The Morgan fingerprint density at radius 2 is 2.17 bits per heavy atom. The molecule has 5 heteroatoms. The summed E-state index contributed by atoms with van der Waals surface area (Å²) in [6, 6.07) is 11.9. The van der Waals surface area contributed by atoms with Gasteiger partial charge in [0.2, 0.25) is 0 Å². The lowest BCUT2D eigenvalue weighted by atomic mass is 10.1. The zero-order chi connectivity index (χ0) is 16.2. The van der Waals surface area contributed by atoms with Gasteiger partial charge < -0.3 is 19.9 Å². The Hall–Kier alpha value is -2.43. The molecule has 2 aromatic rings. The third kappa shape index (κ3) is 3.67.